The molecule has 1 spiro atoms. The highest BCUT2D eigenvalue weighted by Gasteiger charge is 2.54. The molecule has 2 N–H and O–H groups in total. The predicted octanol–water partition coefficient (Wildman–Crippen LogP) is 8.46. The lowest BCUT2D eigenvalue weighted by atomic mass is 9.94. The van der Waals surface area contributed by atoms with Crippen LogP contribution in [-0.2, 0) is 35.3 Å². The number of carbonyl (C=O) groups excluding carboxylic acids is 1. The number of alkyl halides is 3. The van der Waals surface area contributed by atoms with Crippen LogP contribution in [-0.4, -0.2) is 65.1 Å². The number of benzene rings is 2. The Morgan fingerprint density at radius 3 is 2.40 bits per heavy atom. The van der Waals surface area contributed by atoms with Crippen molar-refractivity contribution in [2.75, 3.05) is 27.3 Å². The first-order valence-corrected chi connectivity index (χ1v) is 19.7. The number of carbonyl (C=O) groups is 2. The van der Waals surface area contributed by atoms with Crippen molar-refractivity contribution < 1.29 is 42.1 Å². The molecule has 1 saturated heterocycles. The number of nitrogens with one attached hydrogen (secondary N) is 1. The first-order chi connectivity index (χ1) is 27.4. The van der Waals surface area contributed by atoms with Gasteiger partial charge in [0.1, 0.15) is 23.5 Å². The van der Waals surface area contributed by atoms with Gasteiger partial charge in [0.2, 0.25) is 17.6 Å². The molecule has 10 nitrogen and oxygen atoms in total. The number of hydrogen-bond donors (Lipinski definition) is 2. The SMILES string of the molecule is COc1nc(-c2cccc(-c3cccc4c3CC[C@@H]4Oc3nc(OC)c(CN4CC5(CC5)C[C@H]4C(=O)O)cc3C(F)(F)F)c2Cl)ccc1CNC[C@@H]1CCC(=O)C1. The Morgan fingerprint density at radius 2 is 1.70 bits per heavy atom. The maximum Gasteiger partial charge on any atom is 0.421 e. The second-order valence-electron chi connectivity index (χ2n) is 15.8. The van der Waals surface area contributed by atoms with Crippen molar-refractivity contribution in [1.82, 2.24) is 20.2 Å². The van der Waals surface area contributed by atoms with Crippen LogP contribution in [0.3, 0.4) is 0 Å². The number of carboxylic acids is 1. The molecule has 4 aromatic rings. The van der Waals surface area contributed by atoms with Gasteiger partial charge in [0, 0.05) is 54.7 Å². The second kappa shape index (κ2) is 15.6. The summed E-state index contributed by atoms with van der Waals surface area (Å²) >= 11 is 7.14. The van der Waals surface area contributed by atoms with Crippen molar-refractivity contribution in [3.8, 4) is 40.0 Å². The fourth-order valence-electron chi connectivity index (χ4n) is 8.89. The van der Waals surface area contributed by atoms with E-state index in [0.29, 0.717) is 79.1 Å². The Morgan fingerprint density at radius 1 is 0.965 bits per heavy atom. The molecule has 1 aliphatic heterocycles. The minimum Gasteiger partial charge on any atom is -0.481 e. The average molecular weight is 805 g/mol. The molecule has 3 fully saturated rings. The number of halogens is 4. The van der Waals surface area contributed by atoms with Crippen LogP contribution in [0.4, 0.5) is 13.2 Å². The highest BCUT2D eigenvalue weighted by Crippen LogP contribution is 2.55. The van der Waals surface area contributed by atoms with E-state index in [1.807, 2.05) is 48.5 Å². The van der Waals surface area contributed by atoms with Gasteiger partial charge in [-0.15, -0.1) is 0 Å². The molecule has 3 aliphatic carbocycles. The zero-order valence-corrected chi connectivity index (χ0v) is 32.5. The molecule has 2 aromatic heterocycles. The van der Waals surface area contributed by atoms with Crippen LogP contribution in [0.5, 0.6) is 17.6 Å². The van der Waals surface area contributed by atoms with Crippen LogP contribution in [0.15, 0.2) is 54.6 Å². The summed E-state index contributed by atoms with van der Waals surface area (Å²) in [6.45, 7) is 1.74. The molecule has 8 rings (SSSR count). The van der Waals surface area contributed by atoms with Crippen LogP contribution in [0.1, 0.15) is 78.9 Å². The zero-order valence-electron chi connectivity index (χ0n) is 31.8. The number of Topliss-reactive ketones (excluding diaryl/α,β-unsaturated/α-hetero) is 1. The summed E-state index contributed by atoms with van der Waals surface area (Å²) in [5, 5.41) is 13.8. The van der Waals surface area contributed by atoms with E-state index in [2.05, 4.69) is 10.3 Å². The quantitative estimate of drug-likeness (QED) is 0.136. The third kappa shape index (κ3) is 7.93. The molecule has 0 radical (unpaired) electrons. The summed E-state index contributed by atoms with van der Waals surface area (Å²) in [6, 6.07) is 15.4. The standard InChI is InChI=1S/C43H44ClF3N4O6/c1-55-38-25(21-48-20-24-9-11-27(52)17-24)10-13-34(49-38)32-8-4-7-31(37(32)44)28-5-3-6-30-29(28)12-14-36(30)57-40-33(43(45,46)47)18-26(39(50-40)56-2)22-51-23-42(15-16-42)19-35(51)41(53)54/h3-8,10,13,18,24,35-36,48H,9,11-12,14-17,19-23H2,1-2H3,(H,53,54)/t24-,35+,36+/m1/s1. The largest absolute Gasteiger partial charge is 0.481 e. The highest BCUT2D eigenvalue weighted by atomic mass is 35.5. The van der Waals surface area contributed by atoms with E-state index in [1.165, 1.54) is 7.11 Å². The van der Waals surface area contributed by atoms with Crippen LogP contribution in [0.2, 0.25) is 5.02 Å². The van der Waals surface area contributed by atoms with Crippen molar-refractivity contribution in [2.24, 2.45) is 11.3 Å². The first kappa shape index (κ1) is 39.1. The lowest BCUT2D eigenvalue weighted by Crippen LogP contribution is -2.35. The van der Waals surface area contributed by atoms with E-state index < -0.39 is 35.7 Å². The Kier molecular flexibility index (Phi) is 10.7. The minimum absolute atomic E-state index is 0.0363. The number of pyridine rings is 2. The molecule has 4 aliphatic rings. The second-order valence-corrected chi connectivity index (χ2v) is 16.2. The molecule has 0 bridgehead atoms. The van der Waals surface area contributed by atoms with E-state index in [-0.39, 0.29) is 23.4 Å². The van der Waals surface area contributed by atoms with Crippen molar-refractivity contribution in [1.29, 1.82) is 0 Å². The fourth-order valence-corrected chi connectivity index (χ4v) is 9.21. The number of methoxy groups -OCH3 is 2. The van der Waals surface area contributed by atoms with Crippen LogP contribution < -0.4 is 19.5 Å². The molecule has 14 heteroatoms. The molecule has 3 heterocycles. The van der Waals surface area contributed by atoms with Gasteiger partial charge in [0.25, 0.3) is 0 Å². The number of carboxylic acid groups (broad SMARTS) is 1. The van der Waals surface area contributed by atoms with Gasteiger partial charge < -0.3 is 24.6 Å². The summed E-state index contributed by atoms with van der Waals surface area (Å²) < 4.78 is 61.3. The molecule has 3 atom stereocenters. The number of aromatic nitrogens is 2. The summed E-state index contributed by atoms with van der Waals surface area (Å²) in [6.07, 6.45) is -0.0967. The summed E-state index contributed by atoms with van der Waals surface area (Å²) in [4.78, 5) is 34.5. The van der Waals surface area contributed by atoms with E-state index >= 15 is 0 Å². The molecule has 0 amide bonds. The fraction of sp³-hybridized carbons (Fsp3) is 0.442. The lowest BCUT2D eigenvalue weighted by molar-refractivity contribution is -0.143. The summed E-state index contributed by atoms with van der Waals surface area (Å²) in [7, 11) is 2.90. The van der Waals surface area contributed by atoms with Crippen molar-refractivity contribution in [2.45, 2.75) is 82.8 Å². The number of ether oxygens (including phenoxy) is 3. The number of fused-ring (bicyclic) bond motifs is 1. The van der Waals surface area contributed by atoms with Gasteiger partial charge in [-0.25, -0.2) is 4.98 Å². The number of aliphatic carboxylic acids is 1. The summed E-state index contributed by atoms with van der Waals surface area (Å²) in [5.74, 6) is -0.484. The van der Waals surface area contributed by atoms with Gasteiger partial charge in [-0.05, 0) is 85.2 Å². The molecular weight excluding hydrogens is 761 g/mol. The number of ketones is 1. The molecule has 2 saturated carbocycles. The highest BCUT2D eigenvalue weighted by molar-refractivity contribution is 6.36. The van der Waals surface area contributed by atoms with Gasteiger partial charge in [-0.2, -0.15) is 18.2 Å². The average Bonchev–Trinajstić information content (AvgIpc) is 3.43. The van der Waals surface area contributed by atoms with Crippen molar-refractivity contribution in [3.05, 3.63) is 87.4 Å². The Bertz CT molecular complexity index is 2210. The van der Waals surface area contributed by atoms with Gasteiger partial charge in [0.15, 0.2) is 0 Å². The zero-order chi connectivity index (χ0) is 40.1. The van der Waals surface area contributed by atoms with Crippen LogP contribution in [0.25, 0.3) is 22.4 Å². The normalized spacial score (nSPS) is 21.2. The Hall–Kier alpha value is -4.72. The third-order valence-electron chi connectivity index (χ3n) is 12.0. The molecule has 0 unspecified atom stereocenters. The van der Waals surface area contributed by atoms with E-state index in [9.17, 15) is 27.9 Å². The number of nitrogens with zero attached hydrogens (tertiary/aromatic N) is 3. The predicted molar refractivity (Wildman–Crippen MR) is 206 cm³/mol. The van der Waals surface area contributed by atoms with Crippen LogP contribution in [0, 0.1) is 11.3 Å². The van der Waals surface area contributed by atoms with E-state index in [0.717, 1.165) is 59.7 Å². The van der Waals surface area contributed by atoms with E-state index in [4.69, 9.17) is 30.8 Å². The third-order valence-corrected chi connectivity index (χ3v) is 12.4. The topological polar surface area (TPSA) is 123 Å². The maximum atomic E-state index is 14.7. The van der Waals surface area contributed by atoms with Gasteiger partial charge >= 0.3 is 12.1 Å². The number of hydrogen-bond acceptors (Lipinski definition) is 9. The van der Waals surface area contributed by atoms with Gasteiger partial charge in [-0.3, -0.25) is 14.5 Å². The van der Waals surface area contributed by atoms with Gasteiger partial charge in [-0.1, -0.05) is 54.1 Å². The first-order valence-electron chi connectivity index (χ1n) is 19.3. The van der Waals surface area contributed by atoms with E-state index in [1.54, 1.807) is 12.0 Å². The smallest absolute Gasteiger partial charge is 0.421 e. The Balaban J connectivity index is 1.04. The molecule has 300 valence electrons. The molecular formula is C43H44ClF3N4O6. The minimum atomic E-state index is -4.79. The lowest BCUT2D eigenvalue weighted by Gasteiger charge is -2.24. The van der Waals surface area contributed by atoms with Crippen molar-refractivity contribution >= 4 is 23.4 Å². The van der Waals surface area contributed by atoms with Crippen LogP contribution >= 0.6 is 11.6 Å². The number of likely N-dealkylation sites (tertiary alicyclic amines) is 1. The van der Waals surface area contributed by atoms with Crippen molar-refractivity contribution in [3.63, 3.8) is 0 Å². The van der Waals surface area contributed by atoms with Gasteiger partial charge in [0.05, 0.1) is 24.9 Å². The Labute approximate surface area is 333 Å². The number of rotatable bonds is 13. The maximum absolute atomic E-state index is 14.7. The summed E-state index contributed by atoms with van der Waals surface area (Å²) in [5.41, 5.74) is 4.48. The molecule has 2 aromatic carbocycles. The monoisotopic (exact) mass is 804 g/mol. The molecule has 57 heavy (non-hydrogen) atoms.